The standard InChI is InChI=1S/C15H14N4O/c1-10(11-6-4-3-5-7-11)8-13-17-12-9-16-19(2)14(12)15(20)18-13/h3-9H,1-2H3,(H,17,18,20)/b10-8+. The second-order valence-electron chi connectivity index (χ2n) is 4.65. The van der Waals surface area contributed by atoms with Crippen molar-refractivity contribution >= 4 is 22.7 Å². The molecule has 0 unspecified atom stereocenters. The third kappa shape index (κ3) is 2.14. The van der Waals surface area contributed by atoms with Crippen LogP contribution in [-0.4, -0.2) is 19.7 Å². The molecule has 1 aromatic carbocycles. The van der Waals surface area contributed by atoms with Gasteiger partial charge in [0, 0.05) is 7.05 Å². The van der Waals surface area contributed by atoms with Gasteiger partial charge in [-0.25, -0.2) is 4.98 Å². The van der Waals surface area contributed by atoms with Gasteiger partial charge in [-0.05, 0) is 24.1 Å². The molecular formula is C15H14N4O. The maximum Gasteiger partial charge on any atom is 0.277 e. The molecule has 0 bridgehead atoms. The van der Waals surface area contributed by atoms with Gasteiger partial charge in [-0.3, -0.25) is 9.48 Å². The highest BCUT2D eigenvalue weighted by Crippen LogP contribution is 2.15. The zero-order valence-electron chi connectivity index (χ0n) is 11.3. The van der Waals surface area contributed by atoms with E-state index in [2.05, 4.69) is 15.1 Å². The highest BCUT2D eigenvalue weighted by atomic mass is 16.1. The van der Waals surface area contributed by atoms with E-state index in [1.54, 1.807) is 13.2 Å². The van der Waals surface area contributed by atoms with E-state index >= 15 is 0 Å². The third-order valence-corrected chi connectivity index (χ3v) is 3.20. The maximum absolute atomic E-state index is 12.0. The Hall–Kier alpha value is -2.69. The minimum Gasteiger partial charge on any atom is -0.305 e. The topological polar surface area (TPSA) is 63.6 Å². The lowest BCUT2D eigenvalue weighted by molar-refractivity contribution is 0.792. The maximum atomic E-state index is 12.0. The summed E-state index contributed by atoms with van der Waals surface area (Å²) in [6.07, 6.45) is 3.46. The van der Waals surface area contributed by atoms with Gasteiger partial charge in [0.25, 0.3) is 5.56 Å². The summed E-state index contributed by atoms with van der Waals surface area (Å²) >= 11 is 0. The summed E-state index contributed by atoms with van der Waals surface area (Å²) in [6.45, 7) is 1.99. The Morgan fingerprint density at radius 3 is 2.80 bits per heavy atom. The van der Waals surface area contributed by atoms with E-state index in [4.69, 9.17) is 0 Å². The molecule has 2 heterocycles. The van der Waals surface area contributed by atoms with Gasteiger partial charge < -0.3 is 4.98 Å². The first-order chi connectivity index (χ1) is 9.65. The van der Waals surface area contributed by atoms with Crippen molar-refractivity contribution < 1.29 is 0 Å². The van der Waals surface area contributed by atoms with Crippen LogP contribution in [0.2, 0.25) is 0 Å². The van der Waals surface area contributed by atoms with Crippen LogP contribution in [0.25, 0.3) is 22.7 Å². The predicted octanol–water partition coefficient (Wildman–Crippen LogP) is 2.22. The minimum absolute atomic E-state index is 0.179. The first kappa shape index (κ1) is 12.3. The number of fused-ring (bicyclic) bond motifs is 1. The minimum atomic E-state index is -0.179. The molecule has 0 atom stereocenters. The average Bonchev–Trinajstić information content (AvgIpc) is 2.81. The number of hydrogen-bond donors (Lipinski definition) is 1. The number of aromatic nitrogens is 4. The Kier molecular flexibility index (Phi) is 2.95. The molecule has 0 saturated carbocycles. The van der Waals surface area contributed by atoms with Crippen molar-refractivity contribution in [1.29, 1.82) is 0 Å². The summed E-state index contributed by atoms with van der Waals surface area (Å²) in [5.41, 5.74) is 3.04. The van der Waals surface area contributed by atoms with E-state index < -0.39 is 0 Å². The van der Waals surface area contributed by atoms with Gasteiger partial charge in [-0.15, -0.1) is 0 Å². The van der Waals surface area contributed by atoms with E-state index in [9.17, 15) is 4.79 Å². The molecule has 0 fully saturated rings. The molecule has 5 heteroatoms. The van der Waals surface area contributed by atoms with Crippen molar-refractivity contribution in [3.8, 4) is 0 Å². The molecule has 3 rings (SSSR count). The van der Waals surface area contributed by atoms with Gasteiger partial charge in [0.1, 0.15) is 11.3 Å². The van der Waals surface area contributed by atoms with Crippen LogP contribution in [0.4, 0.5) is 0 Å². The molecule has 0 amide bonds. The largest absolute Gasteiger partial charge is 0.305 e. The van der Waals surface area contributed by atoms with Crippen LogP contribution in [0.3, 0.4) is 0 Å². The van der Waals surface area contributed by atoms with E-state index in [0.717, 1.165) is 11.1 Å². The fourth-order valence-corrected chi connectivity index (χ4v) is 2.16. The van der Waals surface area contributed by atoms with Gasteiger partial charge in [0.05, 0.1) is 6.20 Å². The fourth-order valence-electron chi connectivity index (χ4n) is 2.16. The smallest absolute Gasteiger partial charge is 0.277 e. The number of aryl methyl sites for hydroxylation is 1. The molecule has 5 nitrogen and oxygen atoms in total. The summed E-state index contributed by atoms with van der Waals surface area (Å²) in [4.78, 5) is 19.2. The molecule has 100 valence electrons. The third-order valence-electron chi connectivity index (χ3n) is 3.20. The SMILES string of the molecule is C/C(=C\c1nc2cnn(C)c2c(=O)[nH]1)c1ccccc1. The zero-order valence-corrected chi connectivity index (χ0v) is 11.3. The van der Waals surface area contributed by atoms with Gasteiger partial charge in [-0.1, -0.05) is 30.3 Å². The summed E-state index contributed by atoms with van der Waals surface area (Å²) in [7, 11) is 1.73. The summed E-state index contributed by atoms with van der Waals surface area (Å²) < 4.78 is 1.53. The first-order valence-electron chi connectivity index (χ1n) is 6.31. The Bertz CT molecular complexity index is 843. The van der Waals surface area contributed by atoms with Crippen molar-refractivity contribution in [2.75, 3.05) is 0 Å². The number of aromatic amines is 1. The Balaban J connectivity index is 2.10. The Labute approximate surface area is 115 Å². The van der Waals surface area contributed by atoms with Gasteiger partial charge in [0.2, 0.25) is 0 Å². The average molecular weight is 266 g/mol. The Morgan fingerprint density at radius 1 is 1.30 bits per heavy atom. The number of nitrogens with zero attached hydrogens (tertiary/aromatic N) is 3. The molecule has 0 radical (unpaired) electrons. The summed E-state index contributed by atoms with van der Waals surface area (Å²) in [5.74, 6) is 0.539. The van der Waals surface area contributed by atoms with Crippen molar-refractivity contribution in [1.82, 2.24) is 19.7 Å². The van der Waals surface area contributed by atoms with Crippen LogP contribution in [0.5, 0.6) is 0 Å². The van der Waals surface area contributed by atoms with Gasteiger partial charge in [-0.2, -0.15) is 5.10 Å². The van der Waals surface area contributed by atoms with Gasteiger partial charge in [0.15, 0.2) is 5.52 Å². The van der Waals surface area contributed by atoms with Gasteiger partial charge >= 0.3 is 0 Å². The van der Waals surface area contributed by atoms with Crippen molar-refractivity contribution in [2.45, 2.75) is 6.92 Å². The molecule has 1 N–H and O–H groups in total. The molecule has 0 spiro atoms. The lowest BCUT2D eigenvalue weighted by atomic mass is 10.1. The second-order valence-corrected chi connectivity index (χ2v) is 4.65. The van der Waals surface area contributed by atoms with Crippen molar-refractivity contribution in [3.63, 3.8) is 0 Å². The van der Waals surface area contributed by atoms with Crippen molar-refractivity contribution in [2.24, 2.45) is 7.05 Å². The number of hydrogen-bond acceptors (Lipinski definition) is 3. The number of nitrogens with one attached hydrogen (secondary N) is 1. The second kappa shape index (κ2) is 4.77. The van der Waals surface area contributed by atoms with E-state index in [1.165, 1.54) is 4.68 Å². The molecule has 3 aromatic rings. The molecule has 20 heavy (non-hydrogen) atoms. The van der Waals surface area contributed by atoms with E-state index in [-0.39, 0.29) is 5.56 Å². The van der Waals surface area contributed by atoms with Crippen LogP contribution in [0.15, 0.2) is 41.3 Å². The quantitative estimate of drug-likeness (QED) is 0.773. The molecule has 0 saturated heterocycles. The molecule has 2 aromatic heterocycles. The lowest BCUT2D eigenvalue weighted by Crippen LogP contribution is -2.12. The highest BCUT2D eigenvalue weighted by Gasteiger charge is 2.07. The summed E-state index contributed by atoms with van der Waals surface area (Å²) in [6, 6.07) is 9.97. The number of allylic oxidation sites excluding steroid dienone is 1. The molecule has 0 aliphatic carbocycles. The number of rotatable bonds is 2. The van der Waals surface area contributed by atoms with Crippen molar-refractivity contribution in [3.05, 3.63) is 58.3 Å². The normalized spacial score (nSPS) is 12.0. The number of H-pyrrole nitrogens is 1. The summed E-state index contributed by atoms with van der Waals surface area (Å²) in [5, 5.41) is 4.05. The predicted molar refractivity (Wildman–Crippen MR) is 79.1 cm³/mol. The lowest BCUT2D eigenvalue weighted by Gasteiger charge is -2.01. The zero-order chi connectivity index (χ0) is 14.1. The van der Waals surface area contributed by atoms with Crippen LogP contribution in [0.1, 0.15) is 18.3 Å². The van der Waals surface area contributed by atoms with Crippen LogP contribution >= 0.6 is 0 Å². The fraction of sp³-hybridized carbons (Fsp3) is 0.133. The molecule has 0 aliphatic rings. The highest BCUT2D eigenvalue weighted by molar-refractivity contribution is 5.80. The number of benzene rings is 1. The van der Waals surface area contributed by atoms with Crippen LogP contribution in [0, 0.1) is 0 Å². The molecular weight excluding hydrogens is 252 g/mol. The first-order valence-corrected chi connectivity index (χ1v) is 6.31. The van der Waals surface area contributed by atoms with Crippen LogP contribution in [-0.2, 0) is 7.05 Å². The monoisotopic (exact) mass is 266 g/mol. The Morgan fingerprint density at radius 2 is 2.05 bits per heavy atom. The van der Waals surface area contributed by atoms with E-state index in [0.29, 0.717) is 16.9 Å². The van der Waals surface area contributed by atoms with E-state index in [1.807, 2.05) is 43.3 Å². The van der Waals surface area contributed by atoms with Crippen LogP contribution < -0.4 is 5.56 Å². The molecule has 0 aliphatic heterocycles.